The van der Waals surface area contributed by atoms with E-state index >= 15 is 4.39 Å². The van der Waals surface area contributed by atoms with Gasteiger partial charge in [-0.2, -0.15) is 0 Å². The molecule has 8 nitrogen and oxygen atoms in total. The predicted octanol–water partition coefficient (Wildman–Crippen LogP) is 4.80. The molecule has 1 heterocycles. The number of ether oxygens (including phenoxy) is 1. The van der Waals surface area contributed by atoms with E-state index in [4.69, 9.17) is 4.74 Å². The number of halogens is 2. The fourth-order valence-electron chi connectivity index (χ4n) is 3.46. The number of hydrogen-bond donors (Lipinski definition) is 4. The second-order valence-electron chi connectivity index (χ2n) is 7.32. The molecule has 4 N–H and O–H groups in total. The van der Waals surface area contributed by atoms with Gasteiger partial charge in [0.2, 0.25) is 5.91 Å². The molecule has 0 saturated carbocycles. The first-order valence-electron chi connectivity index (χ1n) is 9.94. The molecule has 0 radical (unpaired) electrons. The molecule has 3 aromatic carbocycles. The summed E-state index contributed by atoms with van der Waals surface area (Å²) in [4.78, 5) is 23.8. The minimum atomic E-state index is -3.76. The van der Waals surface area contributed by atoms with E-state index in [1.165, 1.54) is 6.07 Å². The number of rotatable bonds is 7. The Morgan fingerprint density at radius 1 is 1.21 bits per heavy atom. The predicted molar refractivity (Wildman–Crippen MR) is 130 cm³/mol. The molecule has 1 aliphatic rings. The van der Waals surface area contributed by atoms with Gasteiger partial charge in [0.05, 0.1) is 0 Å². The van der Waals surface area contributed by atoms with Gasteiger partial charge < -0.3 is 10.1 Å². The molecule has 1 aliphatic heterocycles. The second-order valence-corrected chi connectivity index (χ2v) is 9.79. The summed E-state index contributed by atoms with van der Waals surface area (Å²) in [6, 6.07) is 15.4. The second kappa shape index (κ2) is 9.56. The van der Waals surface area contributed by atoms with E-state index in [9.17, 15) is 18.7 Å². The van der Waals surface area contributed by atoms with Gasteiger partial charge in [0.25, 0.3) is 5.91 Å². The average molecular weight is 538 g/mol. The summed E-state index contributed by atoms with van der Waals surface area (Å²) in [5.41, 5.74) is 1.08. The molecule has 2 amide bonds. The van der Waals surface area contributed by atoms with Gasteiger partial charge in [-0.25, -0.2) is 13.4 Å². The molecular formula is C22H21BrFN3O5S. The summed E-state index contributed by atoms with van der Waals surface area (Å²) in [5.74, 6) is -1.58. The van der Waals surface area contributed by atoms with Crippen LogP contribution in [0, 0.1) is 5.82 Å². The number of nitrogens with one attached hydrogen (secondary N) is 2. The summed E-state index contributed by atoms with van der Waals surface area (Å²) >= 11 is 3.21. The highest BCUT2D eigenvalue weighted by Gasteiger charge is 2.38. The standard InChI is InChI=1S/C22H21BrFN3O5S/c23-9-8-19(28)25-16-6-7-17-15(10-16)11-18(32-13-14-4-2-1-3-5-14)22(21(17)24)27-12-20(29)26-33(27,30)31/h1-7,10-11,30-31H,8-9,12-13H2,(H,25,28)(H,26,29). The monoisotopic (exact) mass is 537 g/mol. The van der Waals surface area contributed by atoms with Crippen molar-refractivity contribution in [3.63, 3.8) is 0 Å². The number of nitrogens with zero attached hydrogens (tertiary/aromatic N) is 1. The van der Waals surface area contributed by atoms with Crippen LogP contribution < -0.4 is 19.1 Å². The highest BCUT2D eigenvalue weighted by Crippen LogP contribution is 2.51. The molecule has 3 aromatic rings. The van der Waals surface area contributed by atoms with Gasteiger partial charge in [0, 0.05) is 22.8 Å². The lowest BCUT2D eigenvalue weighted by Gasteiger charge is -2.37. The third-order valence-corrected chi connectivity index (χ3v) is 6.78. The van der Waals surface area contributed by atoms with Gasteiger partial charge in [-0.05, 0) is 46.2 Å². The molecule has 0 aromatic heterocycles. The largest absolute Gasteiger partial charge is 0.487 e. The van der Waals surface area contributed by atoms with Gasteiger partial charge in [-0.1, -0.05) is 46.3 Å². The first kappa shape index (κ1) is 23.3. The van der Waals surface area contributed by atoms with Crippen molar-refractivity contribution < 1.29 is 27.8 Å². The van der Waals surface area contributed by atoms with Crippen molar-refractivity contribution in [1.29, 1.82) is 0 Å². The van der Waals surface area contributed by atoms with E-state index in [0.29, 0.717) is 16.4 Å². The number of fused-ring (bicyclic) bond motifs is 1. The van der Waals surface area contributed by atoms with Crippen molar-refractivity contribution in [3.8, 4) is 5.75 Å². The molecule has 1 fully saturated rings. The van der Waals surface area contributed by atoms with Crippen LogP contribution in [-0.2, 0) is 16.2 Å². The van der Waals surface area contributed by atoms with Crippen molar-refractivity contribution in [2.45, 2.75) is 13.0 Å². The Morgan fingerprint density at radius 3 is 2.64 bits per heavy atom. The Morgan fingerprint density at radius 2 is 1.97 bits per heavy atom. The number of alkyl halides is 1. The Balaban J connectivity index is 1.78. The van der Waals surface area contributed by atoms with E-state index < -0.39 is 29.2 Å². The van der Waals surface area contributed by atoms with Gasteiger partial charge >= 0.3 is 0 Å². The maximum atomic E-state index is 15.7. The molecule has 1 saturated heterocycles. The molecular weight excluding hydrogens is 517 g/mol. The number of amides is 2. The van der Waals surface area contributed by atoms with Gasteiger partial charge in [-0.3, -0.25) is 18.7 Å². The molecule has 0 atom stereocenters. The zero-order valence-electron chi connectivity index (χ0n) is 17.3. The topological polar surface area (TPSA) is 111 Å². The molecule has 4 rings (SSSR count). The van der Waals surface area contributed by atoms with Crippen LogP contribution in [0.2, 0.25) is 0 Å². The van der Waals surface area contributed by atoms with Crippen molar-refractivity contribution in [1.82, 2.24) is 4.72 Å². The highest BCUT2D eigenvalue weighted by molar-refractivity contribution is 9.09. The lowest BCUT2D eigenvalue weighted by atomic mass is 10.1. The summed E-state index contributed by atoms with van der Waals surface area (Å²) in [6.45, 7) is -0.345. The fraction of sp³-hybridized carbons (Fsp3) is 0.182. The molecule has 0 aliphatic carbocycles. The number of hydrogen-bond acceptors (Lipinski definition) is 6. The van der Waals surface area contributed by atoms with Crippen LogP contribution >= 0.6 is 26.9 Å². The van der Waals surface area contributed by atoms with E-state index in [0.717, 1.165) is 9.87 Å². The minimum absolute atomic E-state index is 0.0317. The highest BCUT2D eigenvalue weighted by atomic mass is 79.9. The smallest absolute Gasteiger partial charge is 0.260 e. The summed E-state index contributed by atoms with van der Waals surface area (Å²) in [5, 5.41) is 3.87. The SMILES string of the molecule is O=C(CCBr)Nc1ccc2c(F)c(N3CC(=O)NS3(O)O)c(OCc3ccccc3)cc2c1. The summed E-state index contributed by atoms with van der Waals surface area (Å²) in [6.07, 6.45) is 0.282. The molecule has 174 valence electrons. The average Bonchev–Trinajstić information content (AvgIpc) is 3.04. The van der Waals surface area contributed by atoms with E-state index in [2.05, 4.69) is 26.0 Å². The zero-order valence-corrected chi connectivity index (χ0v) is 19.7. The van der Waals surface area contributed by atoms with Crippen molar-refractivity contribution >= 4 is 60.9 Å². The van der Waals surface area contributed by atoms with Crippen molar-refractivity contribution in [3.05, 3.63) is 66.0 Å². The maximum Gasteiger partial charge on any atom is 0.260 e. The summed E-state index contributed by atoms with van der Waals surface area (Å²) in [7, 11) is -3.76. The van der Waals surface area contributed by atoms with Crippen LogP contribution in [0.25, 0.3) is 10.8 Å². The third-order valence-electron chi connectivity index (χ3n) is 4.95. The lowest BCUT2D eigenvalue weighted by molar-refractivity contribution is -0.117. The van der Waals surface area contributed by atoms with E-state index in [1.54, 1.807) is 18.2 Å². The summed E-state index contributed by atoms with van der Waals surface area (Å²) < 4.78 is 45.2. The van der Waals surface area contributed by atoms with E-state index in [-0.39, 0.29) is 35.8 Å². The molecule has 0 spiro atoms. The van der Waals surface area contributed by atoms with Crippen LogP contribution in [0.15, 0.2) is 54.6 Å². The fourth-order valence-corrected chi connectivity index (χ4v) is 5.02. The molecule has 0 unspecified atom stereocenters. The van der Waals surface area contributed by atoms with Gasteiger partial charge in [0.15, 0.2) is 5.82 Å². The van der Waals surface area contributed by atoms with E-state index in [1.807, 2.05) is 30.3 Å². The molecule has 0 bridgehead atoms. The zero-order chi connectivity index (χ0) is 23.6. The minimum Gasteiger partial charge on any atom is -0.487 e. The van der Waals surface area contributed by atoms with Gasteiger partial charge in [0.1, 0.15) is 24.6 Å². The number of benzene rings is 3. The van der Waals surface area contributed by atoms with Gasteiger partial charge in [-0.15, -0.1) is 0 Å². The Labute approximate surface area is 199 Å². The van der Waals surface area contributed by atoms with Crippen LogP contribution in [-0.4, -0.2) is 32.8 Å². The Hall–Kier alpha value is -2.86. The van der Waals surface area contributed by atoms with Crippen LogP contribution in [0.5, 0.6) is 5.75 Å². The van der Waals surface area contributed by atoms with Crippen LogP contribution in [0.3, 0.4) is 0 Å². The Kier molecular flexibility index (Phi) is 6.75. The number of carbonyl (C=O) groups excluding carboxylic acids is 2. The first-order valence-corrected chi connectivity index (χ1v) is 12.6. The van der Waals surface area contributed by atoms with Crippen molar-refractivity contribution in [2.24, 2.45) is 0 Å². The molecule has 11 heteroatoms. The lowest BCUT2D eigenvalue weighted by Crippen LogP contribution is -2.26. The quantitative estimate of drug-likeness (QED) is 0.322. The molecule has 33 heavy (non-hydrogen) atoms. The van der Waals surface area contributed by atoms with Crippen LogP contribution in [0.4, 0.5) is 15.8 Å². The Bertz CT molecular complexity index is 1210. The maximum absolute atomic E-state index is 15.7. The van der Waals surface area contributed by atoms with Crippen molar-refractivity contribution in [2.75, 3.05) is 21.5 Å². The number of anilines is 2. The number of carbonyl (C=O) groups is 2. The van der Waals surface area contributed by atoms with Crippen LogP contribution in [0.1, 0.15) is 12.0 Å². The normalized spacial score (nSPS) is 15.9. The third kappa shape index (κ3) is 5.06. The first-order chi connectivity index (χ1) is 15.8.